The highest BCUT2D eigenvalue weighted by Crippen LogP contribution is 2.08. The number of rotatable bonds is 8. The molecule has 0 rings (SSSR count). The van der Waals surface area contributed by atoms with Gasteiger partial charge in [-0.3, -0.25) is 0 Å². The molecule has 0 aromatic carbocycles. The van der Waals surface area contributed by atoms with Gasteiger partial charge in [0.15, 0.2) is 6.79 Å². The largest absolute Gasteiger partial charge is 0.376 e. The first-order valence-electron chi connectivity index (χ1n) is 5.36. The van der Waals surface area contributed by atoms with Gasteiger partial charge in [-0.1, -0.05) is 12.8 Å². The molecular formula is C11H23O3. The predicted octanol–water partition coefficient (Wildman–Crippen LogP) is 2.77. The van der Waals surface area contributed by atoms with Crippen molar-refractivity contribution in [2.75, 3.05) is 20.0 Å². The Kier molecular flexibility index (Phi) is 8.14. The van der Waals surface area contributed by atoms with E-state index in [1.54, 1.807) is 0 Å². The first-order valence-corrected chi connectivity index (χ1v) is 5.36. The van der Waals surface area contributed by atoms with Gasteiger partial charge < -0.3 is 9.47 Å². The fourth-order valence-electron chi connectivity index (χ4n) is 1.10. The first kappa shape index (κ1) is 13.9. The topological polar surface area (TPSA) is 38.4 Å². The van der Waals surface area contributed by atoms with Crippen LogP contribution in [-0.2, 0) is 14.6 Å². The smallest absolute Gasteiger partial charge is 0.180 e. The molecule has 0 aliphatic carbocycles. The fourth-order valence-corrected chi connectivity index (χ4v) is 1.10. The van der Waals surface area contributed by atoms with Gasteiger partial charge in [0.25, 0.3) is 0 Å². The summed E-state index contributed by atoms with van der Waals surface area (Å²) in [4.78, 5) is 0. The van der Waals surface area contributed by atoms with Crippen LogP contribution in [0.15, 0.2) is 0 Å². The van der Waals surface area contributed by atoms with Crippen LogP contribution >= 0.6 is 0 Å². The second-order valence-electron chi connectivity index (χ2n) is 4.40. The van der Waals surface area contributed by atoms with E-state index in [-0.39, 0.29) is 5.60 Å². The molecule has 85 valence electrons. The normalized spacial score (nSPS) is 12.0. The van der Waals surface area contributed by atoms with Crippen molar-refractivity contribution < 1.29 is 14.6 Å². The number of hydrogen-bond acceptors (Lipinski definition) is 2. The van der Waals surface area contributed by atoms with Gasteiger partial charge in [0.2, 0.25) is 0 Å². The summed E-state index contributed by atoms with van der Waals surface area (Å²) in [7, 11) is 0. The lowest BCUT2D eigenvalue weighted by Crippen LogP contribution is -2.19. The molecule has 0 fully saturated rings. The summed E-state index contributed by atoms with van der Waals surface area (Å²) in [5, 5.41) is 9.93. The Balaban J connectivity index is 2.99. The Bertz CT molecular complexity index is 118. The standard InChI is InChI=1S/C11H23O3/c1-11(2,3)14-9-7-5-4-6-8-13-10-12/h4-10H2,1-3H3. The molecule has 0 aromatic rings. The van der Waals surface area contributed by atoms with Crippen LogP contribution in [0.3, 0.4) is 0 Å². The highest BCUT2D eigenvalue weighted by Gasteiger charge is 2.08. The molecule has 3 heteroatoms. The van der Waals surface area contributed by atoms with Crippen molar-refractivity contribution in [3.8, 4) is 0 Å². The van der Waals surface area contributed by atoms with E-state index in [4.69, 9.17) is 9.47 Å². The third-order valence-corrected chi connectivity index (χ3v) is 1.80. The van der Waals surface area contributed by atoms with E-state index >= 15 is 0 Å². The molecule has 0 saturated heterocycles. The van der Waals surface area contributed by atoms with E-state index in [2.05, 4.69) is 20.8 Å². The number of unbranched alkanes of at least 4 members (excludes halogenated alkanes) is 3. The summed E-state index contributed by atoms with van der Waals surface area (Å²) in [6.07, 6.45) is 4.35. The minimum Gasteiger partial charge on any atom is -0.376 e. The molecule has 3 nitrogen and oxygen atoms in total. The molecule has 0 atom stereocenters. The summed E-state index contributed by atoms with van der Waals surface area (Å²) >= 11 is 0. The van der Waals surface area contributed by atoms with Crippen LogP contribution in [0, 0.1) is 0 Å². The van der Waals surface area contributed by atoms with Crippen LogP contribution in [0.25, 0.3) is 0 Å². The van der Waals surface area contributed by atoms with E-state index in [0.717, 1.165) is 32.3 Å². The Hall–Kier alpha value is -0.120. The summed E-state index contributed by atoms with van der Waals surface area (Å²) in [5.74, 6) is 0. The first-order chi connectivity index (χ1) is 6.56. The molecule has 0 heterocycles. The van der Waals surface area contributed by atoms with Gasteiger partial charge in [-0.15, -0.1) is 0 Å². The van der Waals surface area contributed by atoms with Crippen LogP contribution in [0.2, 0.25) is 0 Å². The van der Waals surface area contributed by atoms with Gasteiger partial charge in [0.05, 0.1) is 5.60 Å². The zero-order valence-corrected chi connectivity index (χ0v) is 9.67. The number of hydrogen-bond donors (Lipinski definition) is 0. The summed E-state index contributed by atoms with van der Waals surface area (Å²) < 4.78 is 10.3. The van der Waals surface area contributed by atoms with Crippen molar-refractivity contribution in [1.29, 1.82) is 0 Å². The molecule has 0 saturated carbocycles. The van der Waals surface area contributed by atoms with Gasteiger partial charge in [0.1, 0.15) is 0 Å². The molecule has 14 heavy (non-hydrogen) atoms. The Morgan fingerprint density at radius 1 is 0.929 bits per heavy atom. The van der Waals surface area contributed by atoms with E-state index < -0.39 is 6.79 Å². The number of ether oxygens (including phenoxy) is 2. The van der Waals surface area contributed by atoms with Crippen molar-refractivity contribution in [1.82, 2.24) is 0 Å². The minimum absolute atomic E-state index is 0.0222. The van der Waals surface area contributed by atoms with Crippen molar-refractivity contribution in [2.45, 2.75) is 52.1 Å². The predicted molar refractivity (Wildman–Crippen MR) is 55.7 cm³/mol. The van der Waals surface area contributed by atoms with E-state index in [1.807, 2.05) is 0 Å². The molecule has 0 N–H and O–H groups in total. The van der Waals surface area contributed by atoms with Crippen LogP contribution in [0.4, 0.5) is 0 Å². The van der Waals surface area contributed by atoms with Crippen LogP contribution in [0.1, 0.15) is 46.5 Å². The van der Waals surface area contributed by atoms with E-state index in [9.17, 15) is 5.11 Å². The Morgan fingerprint density at radius 3 is 2.00 bits per heavy atom. The van der Waals surface area contributed by atoms with Crippen LogP contribution in [0.5, 0.6) is 0 Å². The van der Waals surface area contributed by atoms with Crippen molar-refractivity contribution in [3.63, 3.8) is 0 Å². The highest BCUT2D eigenvalue weighted by molar-refractivity contribution is 4.58. The van der Waals surface area contributed by atoms with Crippen LogP contribution in [-0.4, -0.2) is 25.6 Å². The van der Waals surface area contributed by atoms with Gasteiger partial charge in [-0.25, -0.2) is 5.11 Å². The molecular weight excluding hydrogens is 180 g/mol. The highest BCUT2D eigenvalue weighted by atomic mass is 16.6. The van der Waals surface area contributed by atoms with E-state index in [1.165, 1.54) is 0 Å². The second kappa shape index (κ2) is 8.21. The molecule has 0 bridgehead atoms. The Morgan fingerprint density at radius 2 is 1.50 bits per heavy atom. The van der Waals surface area contributed by atoms with Gasteiger partial charge in [-0.2, -0.15) is 0 Å². The van der Waals surface area contributed by atoms with Crippen molar-refractivity contribution >= 4 is 0 Å². The van der Waals surface area contributed by atoms with Crippen molar-refractivity contribution in [2.24, 2.45) is 0 Å². The van der Waals surface area contributed by atoms with Gasteiger partial charge in [-0.05, 0) is 33.6 Å². The summed E-state index contributed by atoms with van der Waals surface area (Å²) in [6, 6.07) is 0. The molecule has 0 unspecified atom stereocenters. The quantitative estimate of drug-likeness (QED) is 0.449. The lowest BCUT2D eigenvalue weighted by molar-refractivity contribution is -0.0450. The average Bonchev–Trinajstić information content (AvgIpc) is 2.08. The van der Waals surface area contributed by atoms with Gasteiger partial charge >= 0.3 is 0 Å². The third-order valence-electron chi connectivity index (χ3n) is 1.80. The maximum Gasteiger partial charge on any atom is 0.180 e. The lowest BCUT2D eigenvalue weighted by atomic mass is 10.2. The minimum atomic E-state index is -0.410. The lowest BCUT2D eigenvalue weighted by Gasteiger charge is -2.19. The maximum atomic E-state index is 9.93. The molecule has 0 aliphatic rings. The molecule has 0 aromatic heterocycles. The third kappa shape index (κ3) is 11.9. The fraction of sp³-hybridized carbons (Fsp3) is 1.00. The Labute approximate surface area is 87.4 Å². The monoisotopic (exact) mass is 203 g/mol. The summed E-state index contributed by atoms with van der Waals surface area (Å²) in [5.41, 5.74) is -0.0222. The zero-order valence-electron chi connectivity index (χ0n) is 9.67. The molecule has 0 amide bonds. The van der Waals surface area contributed by atoms with Crippen LogP contribution < -0.4 is 0 Å². The SMILES string of the molecule is CC(C)(C)OCCCCCCOC[O]. The van der Waals surface area contributed by atoms with Gasteiger partial charge in [0, 0.05) is 13.2 Å². The average molecular weight is 203 g/mol. The summed E-state index contributed by atoms with van der Waals surface area (Å²) in [6.45, 7) is 7.21. The maximum absolute atomic E-state index is 9.93. The molecule has 0 spiro atoms. The zero-order chi connectivity index (χ0) is 10.9. The second-order valence-corrected chi connectivity index (χ2v) is 4.40. The van der Waals surface area contributed by atoms with E-state index in [0.29, 0.717) is 6.61 Å². The molecule has 1 radical (unpaired) electrons. The van der Waals surface area contributed by atoms with Crippen molar-refractivity contribution in [3.05, 3.63) is 0 Å². The molecule has 0 aliphatic heterocycles.